The van der Waals surface area contributed by atoms with Gasteiger partial charge in [-0.3, -0.25) is 4.98 Å². The molecule has 6 nitrogen and oxygen atoms in total. The minimum absolute atomic E-state index is 0.290. The maximum atomic E-state index is 10.9. The second kappa shape index (κ2) is 7.27. The van der Waals surface area contributed by atoms with Crippen molar-refractivity contribution in [1.29, 1.82) is 0 Å². The van der Waals surface area contributed by atoms with Crippen molar-refractivity contribution in [2.45, 2.75) is 24.4 Å². The predicted molar refractivity (Wildman–Crippen MR) is 91.9 cm³/mol. The Labute approximate surface area is 143 Å². The number of carboxylic acid groups (broad SMARTS) is 1. The van der Waals surface area contributed by atoms with Gasteiger partial charge in [0.05, 0.1) is 5.56 Å². The van der Waals surface area contributed by atoms with Gasteiger partial charge >= 0.3 is 5.97 Å². The molecule has 0 radical (unpaired) electrons. The molecule has 0 fully saturated rings. The van der Waals surface area contributed by atoms with Crippen LogP contribution in [0.4, 0.5) is 0 Å². The molecule has 1 aromatic carbocycles. The lowest BCUT2D eigenvalue weighted by atomic mass is 10.1. The minimum atomic E-state index is -0.917. The Kier molecular flexibility index (Phi) is 4.90. The normalized spacial score (nSPS) is 10.7. The summed E-state index contributed by atoms with van der Waals surface area (Å²) in [4.78, 5) is 15.2. The second-order valence-corrected chi connectivity index (χ2v) is 6.00. The molecular weight excluding hydrogens is 324 g/mol. The Morgan fingerprint density at radius 1 is 1.17 bits per heavy atom. The van der Waals surface area contributed by atoms with Crippen molar-refractivity contribution in [3.8, 4) is 11.5 Å². The molecule has 3 aromatic rings. The van der Waals surface area contributed by atoms with E-state index in [4.69, 9.17) is 5.11 Å². The number of carbonyl (C=O) groups is 1. The van der Waals surface area contributed by atoms with E-state index in [9.17, 15) is 4.79 Å². The number of hydrogen-bond donors (Lipinski definition) is 1. The Hall–Kier alpha value is -2.67. The Morgan fingerprint density at radius 3 is 2.58 bits per heavy atom. The van der Waals surface area contributed by atoms with Crippen molar-refractivity contribution in [3.63, 3.8) is 0 Å². The van der Waals surface area contributed by atoms with Crippen LogP contribution in [0.2, 0.25) is 0 Å². The Morgan fingerprint density at radius 2 is 1.96 bits per heavy atom. The summed E-state index contributed by atoms with van der Waals surface area (Å²) in [6, 6.07) is 12.6. The average Bonchev–Trinajstić information content (AvgIpc) is 3.04. The summed E-state index contributed by atoms with van der Waals surface area (Å²) in [5.74, 6) is 0.530. The lowest BCUT2D eigenvalue weighted by Crippen LogP contribution is -2.01. The lowest BCUT2D eigenvalue weighted by molar-refractivity contribution is 0.0697. The van der Waals surface area contributed by atoms with Gasteiger partial charge in [-0.2, -0.15) is 0 Å². The maximum Gasteiger partial charge on any atom is 0.335 e. The predicted octanol–water partition coefficient (Wildman–Crippen LogP) is 3.35. The molecule has 2 aromatic heterocycles. The molecule has 24 heavy (non-hydrogen) atoms. The van der Waals surface area contributed by atoms with E-state index in [-0.39, 0.29) is 5.56 Å². The molecule has 0 amide bonds. The molecular formula is C17H16N4O2S. The van der Waals surface area contributed by atoms with Gasteiger partial charge in [0, 0.05) is 18.5 Å². The van der Waals surface area contributed by atoms with Crippen LogP contribution in [-0.4, -0.2) is 30.8 Å². The number of rotatable bonds is 6. The Balaban J connectivity index is 1.76. The van der Waals surface area contributed by atoms with Crippen molar-refractivity contribution < 1.29 is 9.90 Å². The van der Waals surface area contributed by atoms with E-state index in [0.717, 1.165) is 28.8 Å². The van der Waals surface area contributed by atoms with E-state index in [1.54, 1.807) is 30.1 Å². The van der Waals surface area contributed by atoms with Crippen molar-refractivity contribution >= 4 is 17.7 Å². The fraction of sp³-hybridized carbons (Fsp3) is 0.176. The van der Waals surface area contributed by atoms with E-state index in [1.807, 2.05) is 41.8 Å². The van der Waals surface area contributed by atoms with E-state index in [0.29, 0.717) is 5.75 Å². The molecule has 3 rings (SSSR count). The third-order valence-corrected chi connectivity index (χ3v) is 4.53. The topological polar surface area (TPSA) is 80.9 Å². The van der Waals surface area contributed by atoms with E-state index in [2.05, 4.69) is 15.2 Å². The smallest absolute Gasteiger partial charge is 0.335 e. The van der Waals surface area contributed by atoms with Gasteiger partial charge in [0.1, 0.15) is 5.69 Å². The van der Waals surface area contributed by atoms with Crippen LogP contribution >= 0.6 is 11.8 Å². The molecule has 2 heterocycles. The fourth-order valence-corrected chi connectivity index (χ4v) is 3.21. The molecule has 0 saturated heterocycles. The summed E-state index contributed by atoms with van der Waals surface area (Å²) in [6.07, 6.45) is 1.74. The highest BCUT2D eigenvalue weighted by Gasteiger charge is 2.14. The molecule has 1 N–H and O–H groups in total. The number of benzene rings is 1. The molecule has 0 saturated carbocycles. The fourth-order valence-electron chi connectivity index (χ4n) is 2.26. The van der Waals surface area contributed by atoms with E-state index >= 15 is 0 Å². The zero-order chi connectivity index (χ0) is 16.9. The van der Waals surface area contributed by atoms with Gasteiger partial charge < -0.3 is 9.67 Å². The zero-order valence-corrected chi connectivity index (χ0v) is 13.9. The maximum absolute atomic E-state index is 10.9. The quantitative estimate of drug-likeness (QED) is 0.693. The highest BCUT2D eigenvalue weighted by molar-refractivity contribution is 7.98. The van der Waals surface area contributed by atoms with Crippen molar-refractivity contribution in [2.75, 3.05) is 0 Å². The summed E-state index contributed by atoms with van der Waals surface area (Å²) in [7, 11) is 0. The SMILES string of the molecule is CCn1c(SCc2ccc(C(=O)O)cc2)nnc1-c1ccccn1. The largest absolute Gasteiger partial charge is 0.478 e. The molecule has 0 unspecified atom stereocenters. The summed E-state index contributed by atoms with van der Waals surface area (Å²) in [6.45, 7) is 2.79. The first-order valence-corrected chi connectivity index (χ1v) is 8.47. The first-order valence-electron chi connectivity index (χ1n) is 7.48. The summed E-state index contributed by atoms with van der Waals surface area (Å²) < 4.78 is 2.03. The van der Waals surface area contributed by atoms with Crippen molar-refractivity contribution in [1.82, 2.24) is 19.7 Å². The van der Waals surface area contributed by atoms with Gasteiger partial charge in [-0.1, -0.05) is 30.0 Å². The molecule has 0 aliphatic carbocycles. The van der Waals surface area contributed by atoms with Gasteiger partial charge in [-0.25, -0.2) is 4.79 Å². The minimum Gasteiger partial charge on any atom is -0.478 e. The third kappa shape index (κ3) is 3.46. The van der Waals surface area contributed by atoms with Gasteiger partial charge in [0.2, 0.25) is 0 Å². The highest BCUT2D eigenvalue weighted by Crippen LogP contribution is 2.25. The first kappa shape index (κ1) is 16.2. The highest BCUT2D eigenvalue weighted by atomic mass is 32.2. The number of thioether (sulfide) groups is 1. The van der Waals surface area contributed by atoms with Crippen LogP contribution in [0.15, 0.2) is 53.8 Å². The number of carboxylic acids is 1. The molecule has 0 atom stereocenters. The lowest BCUT2D eigenvalue weighted by Gasteiger charge is -2.07. The Bertz CT molecular complexity index is 832. The number of nitrogens with zero attached hydrogens (tertiary/aromatic N) is 4. The van der Waals surface area contributed by atoms with Crippen LogP contribution in [0, 0.1) is 0 Å². The van der Waals surface area contributed by atoms with Crippen LogP contribution in [0.3, 0.4) is 0 Å². The molecule has 122 valence electrons. The van der Waals surface area contributed by atoms with Crippen LogP contribution < -0.4 is 0 Å². The molecule has 7 heteroatoms. The molecule has 0 spiro atoms. The monoisotopic (exact) mass is 340 g/mol. The van der Waals surface area contributed by atoms with Crippen molar-refractivity contribution in [2.24, 2.45) is 0 Å². The second-order valence-electron chi connectivity index (χ2n) is 5.06. The zero-order valence-electron chi connectivity index (χ0n) is 13.1. The molecule has 0 aliphatic rings. The van der Waals surface area contributed by atoms with Gasteiger partial charge in [-0.15, -0.1) is 10.2 Å². The number of aromatic carboxylic acids is 1. The number of aromatic nitrogens is 4. The van der Waals surface area contributed by atoms with Gasteiger partial charge in [0.25, 0.3) is 0 Å². The van der Waals surface area contributed by atoms with Crippen LogP contribution in [0.1, 0.15) is 22.8 Å². The first-order chi connectivity index (χ1) is 11.7. The molecule has 0 bridgehead atoms. The summed E-state index contributed by atoms with van der Waals surface area (Å²) in [5.41, 5.74) is 2.12. The molecule has 0 aliphatic heterocycles. The van der Waals surface area contributed by atoms with Crippen LogP contribution in [0.5, 0.6) is 0 Å². The standard InChI is InChI=1S/C17H16N4O2S/c1-2-21-15(14-5-3-4-10-18-14)19-20-17(21)24-11-12-6-8-13(9-7-12)16(22)23/h3-10H,2,11H2,1H3,(H,22,23). The van der Waals surface area contributed by atoms with Crippen LogP contribution in [-0.2, 0) is 12.3 Å². The van der Waals surface area contributed by atoms with Crippen LogP contribution in [0.25, 0.3) is 11.5 Å². The third-order valence-electron chi connectivity index (χ3n) is 3.50. The number of hydrogen-bond acceptors (Lipinski definition) is 5. The van der Waals surface area contributed by atoms with E-state index < -0.39 is 5.97 Å². The van der Waals surface area contributed by atoms with Crippen molar-refractivity contribution in [3.05, 3.63) is 59.8 Å². The summed E-state index contributed by atoms with van der Waals surface area (Å²) in [5, 5.41) is 18.3. The van der Waals surface area contributed by atoms with E-state index in [1.165, 1.54) is 0 Å². The average molecular weight is 340 g/mol. The van der Waals surface area contributed by atoms with Gasteiger partial charge in [0.15, 0.2) is 11.0 Å². The van der Waals surface area contributed by atoms with Gasteiger partial charge in [-0.05, 0) is 36.8 Å². The number of pyridine rings is 1. The summed E-state index contributed by atoms with van der Waals surface area (Å²) >= 11 is 1.57.